The van der Waals surface area contributed by atoms with E-state index in [-0.39, 0.29) is 29.6 Å². The number of morpholine rings is 1. The molecular weight excluding hydrogens is 391 g/mol. The molecule has 2 aromatic rings. The normalized spacial score (nSPS) is 24.6. The van der Waals surface area contributed by atoms with Crippen molar-refractivity contribution in [3.05, 3.63) is 70.5 Å². The number of nitrogens with one attached hydrogen (secondary N) is 1. The van der Waals surface area contributed by atoms with E-state index >= 15 is 0 Å². The van der Waals surface area contributed by atoms with Gasteiger partial charge < -0.3 is 15.0 Å². The van der Waals surface area contributed by atoms with Crippen LogP contribution in [0.2, 0.25) is 5.02 Å². The van der Waals surface area contributed by atoms with Crippen LogP contribution in [0.25, 0.3) is 0 Å². The molecule has 154 valence electrons. The highest BCUT2D eigenvalue weighted by Gasteiger charge is 2.41. The third-order valence-electron chi connectivity index (χ3n) is 6.04. The Balaban J connectivity index is 1.49. The summed E-state index contributed by atoms with van der Waals surface area (Å²) in [6, 6.07) is 14.6. The van der Waals surface area contributed by atoms with Crippen LogP contribution in [0.4, 0.5) is 4.39 Å². The molecule has 29 heavy (non-hydrogen) atoms. The number of halogens is 2. The quantitative estimate of drug-likeness (QED) is 0.801. The van der Waals surface area contributed by atoms with Crippen molar-refractivity contribution >= 4 is 17.5 Å². The molecule has 1 amide bonds. The maximum atomic E-state index is 13.4. The van der Waals surface area contributed by atoms with Gasteiger partial charge in [-0.05, 0) is 48.1 Å². The maximum absolute atomic E-state index is 13.4. The Morgan fingerprint density at radius 2 is 1.83 bits per heavy atom. The molecule has 0 spiro atoms. The van der Waals surface area contributed by atoms with E-state index in [1.165, 1.54) is 12.1 Å². The van der Waals surface area contributed by atoms with Gasteiger partial charge in [0.25, 0.3) is 0 Å². The molecule has 6 heteroatoms. The van der Waals surface area contributed by atoms with E-state index < -0.39 is 0 Å². The first-order valence-corrected chi connectivity index (χ1v) is 10.6. The minimum absolute atomic E-state index is 0.0784. The molecule has 4 rings (SSSR count). The Kier molecular flexibility index (Phi) is 6.48. The lowest BCUT2D eigenvalue weighted by molar-refractivity contribution is -0.140. The molecule has 1 saturated carbocycles. The summed E-state index contributed by atoms with van der Waals surface area (Å²) in [5.41, 5.74) is 2.08. The lowest BCUT2D eigenvalue weighted by Crippen LogP contribution is -2.44. The summed E-state index contributed by atoms with van der Waals surface area (Å²) in [5.74, 6) is -0.0992. The van der Waals surface area contributed by atoms with Gasteiger partial charge in [0, 0.05) is 36.6 Å². The molecule has 4 nitrogen and oxygen atoms in total. The number of hydrogen-bond acceptors (Lipinski definition) is 3. The number of carbonyl (C=O) groups is 1. The van der Waals surface area contributed by atoms with Crippen molar-refractivity contribution in [2.24, 2.45) is 5.92 Å². The lowest BCUT2D eigenvalue weighted by Gasteiger charge is -2.31. The van der Waals surface area contributed by atoms with Gasteiger partial charge in [0.15, 0.2) is 0 Å². The summed E-state index contributed by atoms with van der Waals surface area (Å²) in [6.07, 6.45) is 1.61. The maximum Gasteiger partial charge on any atom is 0.226 e. The predicted octanol–water partition coefficient (Wildman–Crippen LogP) is 3.99. The monoisotopic (exact) mass is 416 g/mol. The number of hydrogen-bond donors (Lipinski definition) is 1. The van der Waals surface area contributed by atoms with Crippen LogP contribution in [-0.2, 0) is 16.1 Å². The Bertz CT molecular complexity index is 839. The van der Waals surface area contributed by atoms with E-state index in [1.807, 2.05) is 41.3 Å². The summed E-state index contributed by atoms with van der Waals surface area (Å²) in [4.78, 5) is 15.2. The fraction of sp³-hybridized carbons (Fsp3) is 0.435. The third kappa shape index (κ3) is 4.80. The molecule has 2 aromatic carbocycles. The van der Waals surface area contributed by atoms with Gasteiger partial charge >= 0.3 is 0 Å². The van der Waals surface area contributed by atoms with Crippen LogP contribution in [-0.4, -0.2) is 43.2 Å². The second-order valence-electron chi connectivity index (χ2n) is 7.84. The van der Waals surface area contributed by atoms with Gasteiger partial charge in [-0.3, -0.25) is 4.79 Å². The highest BCUT2D eigenvalue weighted by molar-refractivity contribution is 6.31. The largest absolute Gasteiger partial charge is 0.378 e. The van der Waals surface area contributed by atoms with Crippen molar-refractivity contribution in [3.63, 3.8) is 0 Å². The molecule has 1 saturated heterocycles. The number of benzene rings is 2. The average molecular weight is 417 g/mol. The average Bonchev–Trinajstić information content (AvgIpc) is 3.18. The molecule has 0 bridgehead atoms. The molecule has 0 aromatic heterocycles. The minimum Gasteiger partial charge on any atom is -0.378 e. The fourth-order valence-electron chi connectivity index (χ4n) is 4.47. The summed E-state index contributed by atoms with van der Waals surface area (Å²) in [6.45, 7) is 3.13. The molecule has 2 fully saturated rings. The highest BCUT2D eigenvalue weighted by Crippen LogP contribution is 2.41. The van der Waals surface area contributed by atoms with Crippen molar-refractivity contribution in [2.75, 3.05) is 26.3 Å². The summed E-state index contributed by atoms with van der Waals surface area (Å²) < 4.78 is 18.8. The minimum atomic E-state index is -0.254. The molecule has 3 atom stereocenters. The van der Waals surface area contributed by atoms with Crippen molar-refractivity contribution < 1.29 is 13.9 Å². The molecular formula is C23H26ClFN2O2. The summed E-state index contributed by atoms with van der Waals surface area (Å²) in [5, 5.41) is 4.33. The van der Waals surface area contributed by atoms with Gasteiger partial charge in [0.05, 0.1) is 13.2 Å². The molecule has 0 radical (unpaired) electrons. The topological polar surface area (TPSA) is 41.6 Å². The second-order valence-corrected chi connectivity index (χ2v) is 8.25. The Labute approximate surface area is 176 Å². The van der Waals surface area contributed by atoms with Crippen LogP contribution >= 0.6 is 11.6 Å². The van der Waals surface area contributed by atoms with E-state index in [2.05, 4.69) is 5.32 Å². The van der Waals surface area contributed by atoms with Gasteiger partial charge in [-0.2, -0.15) is 0 Å². The Hall–Kier alpha value is -1.95. The first-order valence-electron chi connectivity index (χ1n) is 10.2. The molecule has 0 unspecified atom stereocenters. The van der Waals surface area contributed by atoms with Crippen LogP contribution in [0.15, 0.2) is 48.5 Å². The van der Waals surface area contributed by atoms with Crippen LogP contribution in [0, 0.1) is 11.7 Å². The van der Waals surface area contributed by atoms with Crippen molar-refractivity contribution in [2.45, 2.75) is 31.3 Å². The predicted molar refractivity (Wildman–Crippen MR) is 111 cm³/mol. The highest BCUT2D eigenvalue weighted by atomic mass is 35.5. The van der Waals surface area contributed by atoms with Crippen LogP contribution in [0.5, 0.6) is 0 Å². The smallest absolute Gasteiger partial charge is 0.226 e. The van der Waals surface area contributed by atoms with Gasteiger partial charge in [-0.25, -0.2) is 4.39 Å². The number of carbonyl (C=O) groups excluding carboxylic acids is 1. The Morgan fingerprint density at radius 3 is 2.55 bits per heavy atom. The number of ether oxygens (including phenoxy) is 1. The molecule has 1 aliphatic heterocycles. The first-order chi connectivity index (χ1) is 14.1. The van der Waals surface area contributed by atoms with Gasteiger partial charge in [0.2, 0.25) is 5.91 Å². The summed E-state index contributed by atoms with van der Waals surface area (Å²) >= 11 is 6.28. The van der Waals surface area contributed by atoms with Crippen LogP contribution < -0.4 is 5.32 Å². The summed E-state index contributed by atoms with van der Waals surface area (Å²) in [7, 11) is 0. The lowest BCUT2D eigenvalue weighted by atomic mass is 9.88. The van der Waals surface area contributed by atoms with Gasteiger partial charge in [-0.15, -0.1) is 0 Å². The van der Waals surface area contributed by atoms with E-state index in [1.54, 1.807) is 0 Å². The van der Waals surface area contributed by atoms with Crippen molar-refractivity contribution in [1.82, 2.24) is 10.2 Å². The SMILES string of the molecule is O=C([C@H]1C[C@@H](NCc2ccccc2Cl)C[C@@H]1c1ccc(F)cc1)N1CCOCC1. The van der Waals surface area contributed by atoms with Crippen molar-refractivity contribution in [1.29, 1.82) is 0 Å². The van der Waals surface area contributed by atoms with Crippen LogP contribution in [0.3, 0.4) is 0 Å². The zero-order valence-electron chi connectivity index (χ0n) is 16.3. The molecule has 2 aliphatic rings. The zero-order chi connectivity index (χ0) is 20.2. The second kappa shape index (κ2) is 9.24. The van der Waals surface area contributed by atoms with E-state index in [9.17, 15) is 9.18 Å². The zero-order valence-corrected chi connectivity index (χ0v) is 17.1. The van der Waals surface area contributed by atoms with Crippen LogP contribution in [0.1, 0.15) is 29.9 Å². The standard InChI is InChI=1S/C23H26ClFN2O2/c24-22-4-2-1-3-17(22)15-26-19-13-20(16-5-7-18(25)8-6-16)21(14-19)23(28)27-9-11-29-12-10-27/h1-8,19-21,26H,9-15H2/t19-,20+,21-/m0/s1. The Morgan fingerprint density at radius 1 is 1.10 bits per heavy atom. The van der Waals surface area contributed by atoms with Gasteiger partial charge in [0.1, 0.15) is 5.82 Å². The van der Waals surface area contributed by atoms with Gasteiger partial charge in [-0.1, -0.05) is 41.9 Å². The fourth-order valence-corrected chi connectivity index (χ4v) is 4.67. The van der Waals surface area contributed by atoms with E-state index in [0.29, 0.717) is 32.8 Å². The van der Waals surface area contributed by atoms with Crippen molar-refractivity contribution in [3.8, 4) is 0 Å². The third-order valence-corrected chi connectivity index (χ3v) is 6.41. The van der Waals surface area contributed by atoms with E-state index in [4.69, 9.17) is 16.3 Å². The number of amides is 1. The molecule has 1 heterocycles. The molecule has 1 aliphatic carbocycles. The molecule has 1 N–H and O–H groups in total. The number of rotatable bonds is 5. The number of nitrogens with zero attached hydrogens (tertiary/aromatic N) is 1. The van der Waals surface area contributed by atoms with E-state index in [0.717, 1.165) is 29.0 Å². The first kappa shape index (κ1) is 20.3.